The number of carbonyl (C=O) groups is 2. The number of rotatable bonds is 3. The van der Waals surface area contributed by atoms with Crippen molar-refractivity contribution in [2.75, 3.05) is 0 Å². The monoisotopic (exact) mass is 596 g/mol. The number of carboxylic acid groups (broad SMARTS) is 1. The Kier molecular flexibility index (Phi) is 9.61. The van der Waals surface area contributed by atoms with E-state index in [1.165, 1.54) is 19.3 Å². The van der Waals surface area contributed by atoms with Gasteiger partial charge in [0.1, 0.15) is 0 Å². The summed E-state index contributed by atoms with van der Waals surface area (Å²) in [6, 6.07) is 12.7. The molecule has 0 spiro atoms. The minimum atomic E-state index is -0.824. The van der Waals surface area contributed by atoms with E-state index in [2.05, 4.69) is 16.3 Å². The van der Waals surface area contributed by atoms with E-state index in [4.69, 9.17) is 10.8 Å². The average molecular weight is 597 g/mol. The summed E-state index contributed by atoms with van der Waals surface area (Å²) in [5.41, 5.74) is 9.35. The third-order valence-electron chi connectivity index (χ3n) is 5.49. The van der Waals surface area contributed by atoms with E-state index in [0.717, 1.165) is 12.1 Å². The quantitative estimate of drug-likeness (QED) is 0.380. The van der Waals surface area contributed by atoms with Crippen LogP contribution in [0, 0.1) is 12.8 Å². The molecule has 1 aliphatic carbocycles. The van der Waals surface area contributed by atoms with E-state index in [0.29, 0.717) is 30.1 Å². The SMILES string of the molecule is O=C(c1ccccc1)c1ccc2n1CCC2C(=O)O.[CH2-]C1CCCCC1[NH-].[Cl][Pt]. The van der Waals surface area contributed by atoms with Gasteiger partial charge in [-0.25, -0.2) is 0 Å². The van der Waals surface area contributed by atoms with Crippen LogP contribution in [0.3, 0.4) is 0 Å². The van der Waals surface area contributed by atoms with Crippen LogP contribution in [0.1, 0.15) is 59.8 Å². The summed E-state index contributed by atoms with van der Waals surface area (Å²) in [7, 11) is 4.61. The molecular formula is C22H26ClN2O3Pt-2. The Morgan fingerprint density at radius 2 is 1.72 bits per heavy atom. The van der Waals surface area contributed by atoms with E-state index in [9.17, 15) is 9.59 Å². The molecule has 0 bridgehead atoms. The number of nitrogens with zero attached hydrogens (tertiary/aromatic N) is 1. The fraction of sp³-hybridized carbons (Fsp3) is 0.409. The first-order valence-corrected chi connectivity index (χ1v) is 12.5. The number of nitrogens with one attached hydrogen (secondary N) is 1. The Bertz CT molecular complexity index is 800. The molecule has 1 saturated carbocycles. The van der Waals surface area contributed by atoms with Gasteiger partial charge in [0.05, 0.1) is 11.6 Å². The van der Waals surface area contributed by atoms with Gasteiger partial charge >= 0.3 is 34.2 Å². The molecule has 0 radical (unpaired) electrons. The average Bonchev–Trinajstić information content (AvgIpc) is 3.34. The van der Waals surface area contributed by atoms with E-state index in [1.54, 1.807) is 43.0 Å². The zero-order chi connectivity index (χ0) is 21.4. The van der Waals surface area contributed by atoms with Crippen LogP contribution >= 0.6 is 9.42 Å². The number of carboxylic acids is 1. The maximum atomic E-state index is 12.4. The van der Waals surface area contributed by atoms with Crippen molar-refractivity contribution in [3.63, 3.8) is 0 Å². The molecule has 2 aromatic rings. The van der Waals surface area contributed by atoms with Crippen molar-refractivity contribution in [2.24, 2.45) is 5.92 Å². The molecule has 2 heterocycles. The van der Waals surface area contributed by atoms with Gasteiger partial charge in [-0.3, -0.25) is 9.59 Å². The predicted molar refractivity (Wildman–Crippen MR) is 111 cm³/mol. The molecular weight excluding hydrogens is 571 g/mol. The Morgan fingerprint density at radius 3 is 2.28 bits per heavy atom. The first-order valence-electron chi connectivity index (χ1n) is 9.67. The van der Waals surface area contributed by atoms with Crippen LogP contribution < -0.4 is 0 Å². The van der Waals surface area contributed by atoms with Crippen molar-refractivity contribution < 1.29 is 33.5 Å². The Morgan fingerprint density at radius 1 is 1.07 bits per heavy atom. The van der Waals surface area contributed by atoms with Crippen LogP contribution in [-0.2, 0) is 30.1 Å². The Balaban J connectivity index is 0.000000252. The summed E-state index contributed by atoms with van der Waals surface area (Å²) < 4.78 is 1.83. The van der Waals surface area contributed by atoms with Gasteiger partial charge in [0.25, 0.3) is 0 Å². The van der Waals surface area contributed by atoms with Gasteiger partial charge < -0.3 is 22.3 Å². The fourth-order valence-electron chi connectivity index (χ4n) is 3.84. The van der Waals surface area contributed by atoms with Gasteiger partial charge in [-0.2, -0.15) is 12.0 Å². The summed E-state index contributed by atoms with van der Waals surface area (Å²) in [6.45, 7) is 4.48. The normalized spacial score (nSPS) is 22.4. The molecule has 29 heavy (non-hydrogen) atoms. The number of carbonyl (C=O) groups excluding carboxylic acids is 1. The van der Waals surface area contributed by atoms with Gasteiger partial charge in [0, 0.05) is 17.8 Å². The van der Waals surface area contributed by atoms with Crippen molar-refractivity contribution in [1.29, 1.82) is 0 Å². The van der Waals surface area contributed by atoms with Crippen LogP contribution in [0.5, 0.6) is 0 Å². The molecule has 5 nitrogen and oxygen atoms in total. The second kappa shape index (κ2) is 11.7. The van der Waals surface area contributed by atoms with Crippen LogP contribution in [-0.4, -0.2) is 27.5 Å². The zero-order valence-corrected chi connectivity index (χ0v) is 19.2. The molecule has 3 unspecified atom stereocenters. The summed E-state index contributed by atoms with van der Waals surface area (Å²) in [4.78, 5) is 23.5. The number of aliphatic carboxylic acids is 1. The Labute approximate surface area is 187 Å². The molecule has 0 saturated heterocycles. The molecule has 7 heteroatoms. The molecule has 0 amide bonds. The van der Waals surface area contributed by atoms with Crippen molar-refractivity contribution in [3.8, 4) is 0 Å². The molecule has 1 aromatic carbocycles. The van der Waals surface area contributed by atoms with Crippen LogP contribution in [0.2, 0.25) is 0 Å². The molecule has 4 rings (SSSR count). The second-order valence-corrected chi connectivity index (χ2v) is 7.32. The number of benzene rings is 1. The molecule has 3 atom stereocenters. The van der Waals surface area contributed by atoms with E-state index in [1.807, 2.05) is 22.8 Å². The summed E-state index contributed by atoms with van der Waals surface area (Å²) >= 11 is 1.61. The van der Waals surface area contributed by atoms with Gasteiger partial charge in [-0.15, -0.1) is 0 Å². The van der Waals surface area contributed by atoms with Gasteiger partial charge in [0.15, 0.2) is 0 Å². The van der Waals surface area contributed by atoms with Crippen molar-refractivity contribution in [3.05, 3.63) is 72.1 Å². The van der Waals surface area contributed by atoms with Gasteiger partial charge in [-0.1, -0.05) is 56.0 Å². The molecule has 161 valence electrons. The number of hydrogen-bond donors (Lipinski definition) is 1. The van der Waals surface area contributed by atoms with E-state index in [-0.39, 0.29) is 11.8 Å². The van der Waals surface area contributed by atoms with Crippen molar-refractivity contribution in [2.45, 2.75) is 50.6 Å². The number of halogens is 1. The second-order valence-electron chi connectivity index (χ2n) is 7.32. The van der Waals surface area contributed by atoms with E-state index >= 15 is 0 Å². The summed E-state index contributed by atoms with van der Waals surface area (Å²) in [5, 5.41) is 9.13. The standard InChI is InChI=1S/C15H13NO3.C7H13N.ClH.Pt/c17-14(10-4-2-1-3-5-10)13-7-6-12-11(15(18)19)8-9-16(12)13;1-6-4-2-3-5-7(6)8;;/h1-7,11H,8-9H2,(H,18,19);6-8H,1-5H2;1H;/q;-2;;+1/p-1. The van der Waals surface area contributed by atoms with Crippen LogP contribution in [0.4, 0.5) is 0 Å². The van der Waals surface area contributed by atoms with Gasteiger partial charge in [-0.05, 0) is 18.6 Å². The number of hydrogen-bond acceptors (Lipinski definition) is 2. The summed E-state index contributed by atoms with van der Waals surface area (Å²) in [5.74, 6) is -0.950. The first-order chi connectivity index (χ1) is 14.0. The third kappa shape index (κ3) is 6.04. The molecule has 1 fully saturated rings. The number of aromatic nitrogens is 1. The molecule has 2 aliphatic rings. The topological polar surface area (TPSA) is 83.1 Å². The van der Waals surface area contributed by atoms with Crippen molar-refractivity contribution in [1.82, 2.24) is 4.57 Å². The number of fused-ring (bicyclic) bond motifs is 1. The third-order valence-corrected chi connectivity index (χ3v) is 5.49. The fourth-order valence-corrected chi connectivity index (χ4v) is 3.84. The molecule has 1 aliphatic heterocycles. The molecule has 2 N–H and O–H groups in total. The Hall–Kier alpha value is -1.42. The van der Waals surface area contributed by atoms with Crippen LogP contribution in [0.25, 0.3) is 5.73 Å². The zero-order valence-electron chi connectivity index (χ0n) is 16.1. The minimum absolute atomic E-state index is 0.0575. The number of ketones is 1. The molecule has 1 aromatic heterocycles. The van der Waals surface area contributed by atoms with Gasteiger partial charge in [0.2, 0.25) is 5.78 Å². The predicted octanol–water partition coefficient (Wildman–Crippen LogP) is 5.41. The maximum absolute atomic E-state index is 12.4. The van der Waals surface area contributed by atoms with Crippen molar-refractivity contribution >= 4 is 21.2 Å². The summed E-state index contributed by atoms with van der Waals surface area (Å²) in [6.07, 6.45) is 5.35. The van der Waals surface area contributed by atoms with Crippen LogP contribution in [0.15, 0.2) is 42.5 Å². The van der Waals surface area contributed by atoms with E-state index < -0.39 is 11.9 Å². The first kappa shape index (κ1) is 23.9.